The van der Waals surface area contributed by atoms with E-state index in [0.717, 1.165) is 11.3 Å². The molecule has 1 N–H and O–H groups in total. The zero-order valence-corrected chi connectivity index (χ0v) is 16.7. The van der Waals surface area contributed by atoms with Gasteiger partial charge in [-0.15, -0.1) is 11.8 Å². The SMILES string of the molecule is C=O.C=O.CC#CC.COc1ccc(C(=O)Nc2ccc(C)cc2)cc1Cl. The van der Waals surface area contributed by atoms with Crippen molar-refractivity contribution < 1.29 is 19.1 Å². The van der Waals surface area contributed by atoms with Crippen LogP contribution in [0.15, 0.2) is 42.5 Å². The van der Waals surface area contributed by atoms with Crippen LogP contribution in [0.25, 0.3) is 0 Å². The van der Waals surface area contributed by atoms with Gasteiger partial charge in [0.1, 0.15) is 19.3 Å². The van der Waals surface area contributed by atoms with Crippen molar-refractivity contribution in [3.8, 4) is 17.6 Å². The molecule has 0 aliphatic carbocycles. The van der Waals surface area contributed by atoms with Crippen molar-refractivity contribution in [2.75, 3.05) is 12.4 Å². The molecule has 0 aromatic heterocycles. The van der Waals surface area contributed by atoms with Gasteiger partial charge in [-0.1, -0.05) is 29.3 Å². The number of methoxy groups -OCH3 is 1. The molecule has 0 aliphatic heterocycles. The number of ether oxygens (including phenoxy) is 1. The van der Waals surface area contributed by atoms with Crippen molar-refractivity contribution >= 4 is 36.8 Å². The summed E-state index contributed by atoms with van der Waals surface area (Å²) < 4.78 is 5.05. The number of halogens is 1. The monoisotopic (exact) mass is 389 g/mol. The Labute approximate surface area is 165 Å². The van der Waals surface area contributed by atoms with Crippen LogP contribution in [0.3, 0.4) is 0 Å². The van der Waals surface area contributed by atoms with Crippen molar-refractivity contribution in [3.05, 3.63) is 58.6 Å². The maximum atomic E-state index is 12.0. The summed E-state index contributed by atoms with van der Waals surface area (Å²) in [7, 11) is 1.53. The number of benzene rings is 2. The topological polar surface area (TPSA) is 72.5 Å². The van der Waals surface area contributed by atoms with Crippen LogP contribution >= 0.6 is 11.6 Å². The molecule has 0 fully saturated rings. The second kappa shape index (κ2) is 16.4. The number of rotatable bonds is 3. The van der Waals surface area contributed by atoms with E-state index in [-0.39, 0.29) is 5.91 Å². The Kier molecular flexibility index (Phi) is 15.8. The van der Waals surface area contributed by atoms with Crippen LogP contribution < -0.4 is 10.1 Å². The lowest BCUT2D eigenvalue weighted by Crippen LogP contribution is -2.11. The molecule has 0 unspecified atom stereocenters. The third kappa shape index (κ3) is 10.5. The fourth-order valence-corrected chi connectivity index (χ4v) is 1.91. The van der Waals surface area contributed by atoms with Crippen molar-refractivity contribution in [1.82, 2.24) is 0 Å². The van der Waals surface area contributed by atoms with E-state index in [4.69, 9.17) is 25.9 Å². The lowest BCUT2D eigenvalue weighted by Gasteiger charge is -2.07. The molecule has 0 heterocycles. The number of anilines is 1. The van der Waals surface area contributed by atoms with Gasteiger partial charge in [0.2, 0.25) is 0 Å². The minimum Gasteiger partial charge on any atom is -0.495 e. The molecule has 144 valence electrons. The van der Waals surface area contributed by atoms with E-state index < -0.39 is 0 Å². The Bertz CT molecular complexity index is 741. The van der Waals surface area contributed by atoms with Gasteiger partial charge in [0.05, 0.1) is 12.1 Å². The first-order valence-corrected chi connectivity index (χ1v) is 8.02. The molecule has 0 radical (unpaired) electrons. The van der Waals surface area contributed by atoms with Crippen LogP contribution in [-0.4, -0.2) is 26.6 Å². The zero-order chi connectivity index (χ0) is 21.2. The lowest BCUT2D eigenvalue weighted by molar-refractivity contribution is -0.0987. The summed E-state index contributed by atoms with van der Waals surface area (Å²) in [5.41, 5.74) is 2.39. The molecule has 27 heavy (non-hydrogen) atoms. The number of nitrogens with one attached hydrogen (secondary N) is 1. The van der Waals surface area contributed by atoms with Gasteiger partial charge < -0.3 is 19.6 Å². The minimum atomic E-state index is -0.201. The van der Waals surface area contributed by atoms with Gasteiger partial charge in [-0.05, 0) is 51.1 Å². The van der Waals surface area contributed by atoms with Gasteiger partial charge in [0.15, 0.2) is 0 Å². The fraction of sp³-hybridized carbons (Fsp3) is 0.190. The predicted octanol–water partition coefficient (Wildman–Crippen LogP) is 4.57. The molecule has 0 saturated heterocycles. The van der Waals surface area contributed by atoms with E-state index in [0.29, 0.717) is 16.3 Å². The first kappa shape index (κ1) is 26.1. The summed E-state index contributed by atoms with van der Waals surface area (Å²) in [5, 5.41) is 3.23. The highest BCUT2D eigenvalue weighted by atomic mass is 35.5. The van der Waals surface area contributed by atoms with E-state index in [1.54, 1.807) is 18.2 Å². The zero-order valence-electron chi connectivity index (χ0n) is 16.0. The largest absolute Gasteiger partial charge is 0.495 e. The normalized spacial score (nSPS) is 7.89. The van der Waals surface area contributed by atoms with Gasteiger partial charge >= 0.3 is 0 Å². The maximum absolute atomic E-state index is 12.0. The average Bonchev–Trinajstić information content (AvgIpc) is 2.72. The highest BCUT2D eigenvalue weighted by Crippen LogP contribution is 2.25. The summed E-state index contributed by atoms with van der Waals surface area (Å²) in [4.78, 5) is 28.0. The summed E-state index contributed by atoms with van der Waals surface area (Å²) in [5.74, 6) is 5.71. The van der Waals surface area contributed by atoms with Gasteiger partial charge in [-0.2, -0.15) is 0 Å². The Morgan fingerprint density at radius 3 is 1.93 bits per heavy atom. The van der Waals surface area contributed by atoms with E-state index in [2.05, 4.69) is 17.2 Å². The Hall–Kier alpha value is -3.10. The molecule has 0 saturated carbocycles. The van der Waals surface area contributed by atoms with Crippen LogP contribution in [0.2, 0.25) is 5.02 Å². The summed E-state index contributed by atoms with van der Waals surface area (Å²) in [6.45, 7) is 9.63. The molecule has 2 aromatic rings. The molecule has 0 atom stereocenters. The highest BCUT2D eigenvalue weighted by Gasteiger charge is 2.09. The van der Waals surface area contributed by atoms with E-state index in [1.165, 1.54) is 7.11 Å². The standard InChI is InChI=1S/C15H14ClNO2.C4H6.2CH2O/c1-10-3-6-12(7-4-10)17-15(18)11-5-8-14(19-2)13(16)9-11;1-3-4-2;2*1-2/h3-9H,1-2H3,(H,17,18);1-2H3;2*1H2. The maximum Gasteiger partial charge on any atom is 0.255 e. The summed E-state index contributed by atoms with van der Waals surface area (Å²) in [6.07, 6.45) is 0. The van der Waals surface area contributed by atoms with Crippen LogP contribution in [-0.2, 0) is 9.59 Å². The number of amides is 1. The predicted molar refractivity (Wildman–Crippen MR) is 111 cm³/mol. The number of aryl methyl sites for hydroxylation is 1. The molecular weight excluding hydrogens is 366 g/mol. The lowest BCUT2D eigenvalue weighted by atomic mass is 10.2. The van der Waals surface area contributed by atoms with Crippen LogP contribution in [0, 0.1) is 18.8 Å². The summed E-state index contributed by atoms with van der Waals surface area (Å²) >= 11 is 5.99. The fourth-order valence-electron chi connectivity index (χ4n) is 1.65. The van der Waals surface area contributed by atoms with Gasteiger partial charge in [-0.25, -0.2) is 0 Å². The van der Waals surface area contributed by atoms with Crippen LogP contribution in [0.4, 0.5) is 5.69 Å². The Morgan fingerprint density at radius 2 is 1.52 bits per heavy atom. The Balaban J connectivity index is 0. The molecule has 2 aromatic carbocycles. The molecular formula is C21H24ClNO4. The number of hydrogen-bond donors (Lipinski definition) is 1. The number of carbonyl (C=O) groups excluding carboxylic acids is 3. The second-order valence-electron chi connectivity index (χ2n) is 4.67. The molecule has 1 amide bonds. The third-order valence-electron chi connectivity index (χ3n) is 2.97. The van der Waals surface area contributed by atoms with E-state index >= 15 is 0 Å². The molecule has 5 nitrogen and oxygen atoms in total. The molecule has 0 bridgehead atoms. The first-order chi connectivity index (χ1) is 13.0. The van der Waals surface area contributed by atoms with Gasteiger partial charge in [-0.3, -0.25) is 4.79 Å². The summed E-state index contributed by atoms with van der Waals surface area (Å²) in [6, 6.07) is 12.5. The third-order valence-corrected chi connectivity index (χ3v) is 3.27. The molecule has 6 heteroatoms. The van der Waals surface area contributed by atoms with Crippen molar-refractivity contribution in [2.45, 2.75) is 20.8 Å². The highest BCUT2D eigenvalue weighted by molar-refractivity contribution is 6.32. The van der Waals surface area contributed by atoms with E-state index in [9.17, 15) is 4.79 Å². The van der Waals surface area contributed by atoms with E-state index in [1.807, 2.05) is 58.6 Å². The second-order valence-corrected chi connectivity index (χ2v) is 5.08. The van der Waals surface area contributed by atoms with Gasteiger partial charge in [0.25, 0.3) is 5.91 Å². The van der Waals surface area contributed by atoms with Crippen LogP contribution in [0.1, 0.15) is 29.8 Å². The van der Waals surface area contributed by atoms with Gasteiger partial charge in [0, 0.05) is 11.3 Å². The van der Waals surface area contributed by atoms with Crippen LogP contribution in [0.5, 0.6) is 5.75 Å². The average molecular weight is 390 g/mol. The molecule has 0 aliphatic rings. The first-order valence-electron chi connectivity index (χ1n) is 7.64. The molecule has 0 spiro atoms. The quantitative estimate of drug-likeness (QED) is 0.780. The van der Waals surface area contributed by atoms with Crippen molar-refractivity contribution in [1.29, 1.82) is 0 Å². The Morgan fingerprint density at radius 1 is 1.00 bits per heavy atom. The minimum absolute atomic E-state index is 0.201. The number of hydrogen-bond acceptors (Lipinski definition) is 4. The van der Waals surface area contributed by atoms with Crippen molar-refractivity contribution in [3.63, 3.8) is 0 Å². The number of carbonyl (C=O) groups is 3. The van der Waals surface area contributed by atoms with Crippen molar-refractivity contribution in [2.24, 2.45) is 0 Å². The smallest absolute Gasteiger partial charge is 0.255 e. The molecule has 2 rings (SSSR count).